The molecule has 0 aromatic rings. The summed E-state index contributed by atoms with van der Waals surface area (Å²) in [5.41, 5.74) is 0. The summed E-state index contributed by atoms with van der Waals surface area (Å²) in [7, 11) is 1.97. The van der Waals surface area contributed by atoms with Crippen LogP contribution in [0.5, 0.6) is 0 Å². The van der Waals surface area contributed by atoms with E-state index >= 15 is 0 Å². The van der Waals surface area contributed by atoms with Crippen molar-refractivity contribution in [3.8, 4) is 0 Å². The molecule has 0 radical (unpaired) electrons. The third-order valence-electron chi connectivity index (χ3n) is 3.63. The van der Waals surface area contributed by atoms with Crippen LogP contribution in [0.4, 0.5) is 0 Å². The largest absolute Gasteiger partial charge is 0.345 e. The number of Topliss-reactive ketones (excluding diaryl/α,β-unsaturated/α-hetero) is 1. The van der Waals surface area contributed by atoms with Crippen LogP contribution >= 0.6 is 0 Å². The zero-order valence-corrected chi connectivity index (χ0v) is 12.0. The second-order valence-corrected chi connectivity index (χ2v) is 5.89. The molecule has 1 aliphatic rings. The van der Waals surface area contributed by atoms with Gasteiger partial charge in [-0.15, -0.1) is 0 Å². The smallest absolute Gasteiger partial charge is 0.234 e. The van der Waals surface area contributed by atoms with Crippen LogP contribution in [0.25, 0.3) is 0 Å². The number of likely N-dealkylation sites (N-methyl/N-ethyl adjacent to an activating group) is 1. The fourth-order valence-electron chi connectivity index (χ4n) is 2.38. The molecule has 0 saturated heterocycles. The third kappa shape index (κ3) is 4.77. The molecule has 0 aliphatic heterocycles. The van der Waals surface area contributed by atoms with Gasteiger partial charge in [-0.2, -0.15) is 0 Å². The van der Waals surface area contributed by atoms with Crippen LogP contribution in [0.15, 0.2) is 0 Å². The van der Waals surface area contributed by atoms with Crippen molar-refractivity contribution in [1.82, 2.24) is 10.2 Å². The van der Waals surface area contributed by atoms with E-state index in [1.807, 2.05) is 20.9 Å². The second kappa shape index (κ2) is 6.88. The van der Waals surface area contributed by atoms with Crippen LogP contribution in [0.1, 0.15) is 40.0 Å². The lowest BCUT2D eigenvalue weighted by Crippen LogP contribution is -2.47. The summed E-state index contributed by atoms with van der Waals surface area (Å²) in [5, 5.41) is 2.83. The highest BCUT2D eigenvalue weighted by Gasteiger charge is 2.23. The van der Waals surface area contributed by atoms with Gasteiger partial charge in [0.05, 0.1) is 12.6 Å². The Morgan fingerprint density at radius 2 is 1.94 bits per heavy atom. The maximum absolute atomic E-state index is 11.9. The number of nitrogens with zero attached hydrogens (tertiary/aromatic N) is 1. The summed E-state index contributed by atoms with van der Waals surface area (Å²) in [6.45, 7) is 6.80. The number of hydrogen-bond donors (Lipinski definition) is 1. The van der Waals surface area contributed by atoms with Gasteiger partial charge in [-0.25, -0.2) is 0 Å². The topological polar surface area (TPSA) is 49.4 Å². The number of ketones is 1. The number of carbonyl (C=O) groups excluding carboxylic acids is 2. The van der Waals surface area contributed by atoms with E-state index in [4.69, 9.17) is 0 Å². The van der Waals surface area contributed by atoms with Crippen molar-refractivity contribution in [2.24, 2.45) is 11.8 Å². The predicted octanol–water partition coefficient (Wildman–Crippen LogP) is 1.45. The van der Waals surface area contributed by atoms with Gasteiger partial charge in [0.1, 0.15) is 0 Å². The van der Waals surface area contributed by atoms with E-state index in [2.05, 4.69) is 10.2 Å². The van der Waals surface area contributed by atoms with Crippen LogP contribution < -0.4 is 5.32 Å². The standard InChI is InChI=1S/C14H26N2O2/c1-10(2)14(11(3)17)15-13(18)9-16(4)8-12-6-5-7-12/h10,12,14H,5-9H2,1-4H3,(H,15,18). The Kier molecular flexibility index (Phi) is 5.79. The van der Waals surface area contributed by atoms with Crippen molar-refractivity contribution in [2.75, 3.05) is 20.1 Å². The van der Waals surface area contributed by atoms with Gasteiger partial charge in [0.25, 0.3) is 0 Å². The third-order valence-corrected chi connectivity index (χ3v) is 3.63. The van der Waals surface area contributed by atoms with Crippen molar-refractivity contribution in [2.45, 2.75) is 46.1 Å². The molecule has 0 heterocycles. The molecule has 1 amide bonds. The van der Waals surface area contributed by atoms with E-state index in [0.717, 1.165) is 12.5 Å². The van der Waals surface area contributed by atoms with E-state index < -0.39 is 0 Å². The molecule has 1 atom stereocenters. The van der Waals surface area contributed by atoms with Gasteiger partial charge in [-0.1, -0.05) is 20.3 Å². The average molecular weight is 254 g/mol. The molecular weight excluding hydrogens is 228 g/mol. The molecule has 4 nitrogen and oxygen atoms in total. The summed E-state index contributed by atoms with van der Waals surface area (Å²) in [6, 6.07) is -0.352. The molecule has 18 heavy (non-hydrogen) atoms. The monoisotopic (exact) mass is 254 g/mol. The zero-order valence-electron chi connectivity index (χ0n) is 12.0. The molecule has 0 aromatic carbocycles. The molecule has 0 spiro atoms. The summed E-state index contributed by atoms with van der Waals surface area (Å²) < 4.78 is 0. The number of nitrogens with one attached hydrogen (secondary N) is 1. The Bertz CT molecular complexity index is 298. The van der Waals surface area contributed by atoms with Crippen molar-refractivity contribution in [3.63, 3.8) is 0 Å². The maximum atomic E-state index is 11.9. The normalized spacial score (nSPS) is 17.7. The number of rotatable bonds is 7. The molecule has 1 fully saturated rings. The van der Waals surface area contributed by atoms with Crippen molar-refractivity contribution in [1.29, 1.82) is 0 Å². The molecule has 104 valence electrons. The minimum atomic E-state index is -0.352. The van der Waals surface area contributed by atoms with Crippen molar-refractivity contribution in [3.05, 3.63) is 0 Å². The molecule has 1 N–H and O–H groups in total. The van der Waals surface area contributed by atoms with Gasteiger partial charge in [-0.05, 0) is 38.6 Å². The van der Waals surface area contributed by atoms with Crippen molar-refractivity contribution < 1.29 is 9.59 Å². The first kappa shape index (κ1) is 15.2. The van der Waals surface area contributed by atoms with E-state index in [1.165, 1.54) is 26.2 Å². The molecule has 1 aliphatic carbocycles. The highest BCUT2D eigenvalue weighted by atomic mass is 16.2. The van der Waals surface area contributed by atoms with Gasteiger partial charge in [0.2, 0.25) is 5.91 Å². The fourth-order valence-corrected chi connectivity index (χ4v) is 2.38. The van der Waals surface area contributed by atoms with Gasteiger partial charge in [0, 0.05) is 6.54 Å². The minimum absolute atomic E-state index is 0.0278. The molecule has 4 heteroatoms. The molecule has 1 unspecified atom stereocenters. The first-order chi connectivity index (χ1) is 8.40. The SMILES string of the molecule is CC(=O)C(NC(=O)CN(C)CC1CCC1)C(C)C. The van der Waals surface area contributed by atoms with E-state index in [0.29, 0.717) is 6.54 Å². The fraction of sp³-hybridized carbons (Fsp3) is 0.857. The Hall–Kier alpha value is -0.900. The Balaban J connectivity index is 2.32. The van der Waals surface area contributed by atoms with Crippen molar-refractivity contribution >= 4 is 11.7 Å². The molecule has 0 aromatic heterocycles. The van der Waals surface area contributed by atoms with Gasteiger partial charge in [-0.3, -0.25) is 14.5 Å². The summed E-state index contributed by atoms with van der Waals surface area (Å²) in [5.74, 6) is 0.880. The van der Waals surface area contributed by atoms with Crippen LogP contribution in [0.3, 0.4) is 0 Å². The average Bonchev–Trinajstić information content (AvgIpc) is 2.19. The predicted molar refractivity (Wildman–Crippen MR) is 72.3 cm³/mol. The Morgan fingerprint density at radius 3 is 2.33 bits per heavy atom. The van der Waals surface area contributed by atoms with Gasteiger partial charge in [0.15, 0.2) is 5.78 Å². The summed E-state index contributed by atoms with van der Waals surface area (Å²) in [4.78, 5) is 25.3. The quantitative estimate of drug-likeness (QED) is 0.748. The van der Waals surface area contributed by atoms with E-state index in [-0.39, 0.29) is 23.7 Å². The maximum Gasteiger partial charge on any atom is 0.234 e. The highest BCUT2D eigenvalue weighted by molar-refractivity contribution is 5.88. The van der Waals surface area contributed by atoms with Gasteiger partial charge < -0.3 is 5.32 Å². The van der Waals surface area contributed by atoms with Crippen LogP contribution in [0, 0.1) is 11.8 Å². The van der Waals surface area contributed by atoms with Gasteiger partial charge >= 0.3 is 0 Å². The lowest BCUT2D eigenvalue weighted by molar-refractivity contribution is -0.128. The lowest BCUT2D eigenvalue weighted by atomic mass is 9.85. The minimum Gasteiger partial charge on any atom is -0.345 e. The summed E-state index contributed by atoms with van der Waals surface area (Å²) in [6.07, 6.45) is 3.90. The van der Waals surface area contributed by atoms with Crippen LogP contribution in [0.2, 0.25) is 0 Å². The molecule has 0 bridgehead atoms. The van der Waals surface area contributed by atoms with Crippen LogP contribution in [-0.2, 0) is 9.59 Å². The molecule has 1 saturated carbocycles. The van der Waals surface area contributed by atoms with E-state index in [9.17, 15) is 9.59 Å². The number of hydrogen-bond acceptors (Lipinski definition) is 3. The molecular formula is C14H26N2O2. The Labute approximate surface area is 110 Å². The molecule has 1 rings (SSSR count). The zero-order chi connectivity index (χ0) is 13.7. The lowest BCUT2D eigenvalue weighted by Gasteiger charge is -2.30. The highest BCUT2D eigenvalue weighted by Crippen LogP contribution is 2.26. The van der Waals surface area contributed by atoms with E-state index in [1.54, 1.807) is 0 Å². The summed E-state index contributed by atoms with van der Waals surface area (Å²) >= 11 is 0. The number of amides is 1. The first-order valence-corrected chi connectivity index (χ1v) is 6.88. The van der Waals surface area contributed by atoms with Crippen LogP contribution in [-0.4, -0.2) is 42.8 Å². The second-order valence-electron chi connectivity index (χ2n) is 5.89. The Morgan fingerprint density at radius 1 is 1.33 bits per heavy atom. The first-order valence-electron chi connectivity index (χ1n) is 6.88. The number of carbonyl (C=O) groups is 2.